The van der Waals surface area contributed by atoms with Crippen molar-refractivity contribution in [2.75, 3.05) is 0 Å². The summed E-state index contributed by atoms with van der Waals surface area (Å²) in [4.78, 5) is 2.84. The van der Waals surface area contributed by atoms with Gasteiger partial charge in [-0.15, -0.1) is 11.3 Å². The second-order valence-electron chi connectivity index (χ2n) is 5.13. The van der Waals surface area contributed by atoms with E-state index in [-0.39, 0.29) is 0 Å². The number of benzene rings is 1. The minimum atomic E-state index is 0.444. The maximum absolute atomic E-state index is 3.78. The van der Waals surface area contributed by atoms with Gasteiger partial charge in [-0.3, -0.25) is 0 Å². The molecule has 0 saturated carbocycles. The molecule has 1 nitrogen and oxygen atoms in total. The Morgan fingerprint density at radius 3 is 2.83 bits per heavy atom. The van der Waals surface area contributed by atoms with E-state index in [1.807, 2.05) is 11.3 Å². The Balaban J connectivity index is 1.75. The highest BCUT2D eigenvalue weighted by atomic mass is 32.1. The first kappa shape index (κ1) is 11.9. The van der Waals surface area contributed by atoms with Crippen LogP contribution in [0.2, 0.25) is 0 Å². The summed E-state index contributed by atoms with van der Waals surface area (Å²) in [6.45, 7) is 4.44. The predicted octanol–water partition coefficient (Wildman–Crippen LogP) is 4.39. The van der Waals surface area contributed by atoms with E-state index in [9.17, 15) is 0 Å². The van der Waals surface area contributed by atoms with Crippen LogP contribution in [0.4, 0.5) is 0 Å². The number of fused-ring (bicyclic) bond motifs is 1. The highest BCUT2D eigenvalue weighted by Crippen LogP contribution is 2.33. The fourth-order valence-corrected chi connectivity index (χ4v) is 3.69. The Morgan fingerprint density at radius 2 is 2.06 bits per heavy atom. The van der Waals surface area contributed by atoms with Gasteiger partial charge in [0, 0.05) is 21.8 Å². The first-order valence-electron chi connectivity index (χ1n) is 6.64. The zero-order valence-electron chi connectivity index (χ0n) is 10.9. The maximum atomic E-state index is 3.78. The summed E-state index contributed by atoms with van der Waals surface area (Å²) >= 11 is 1.90. The zero-order valence-corrected chi connectivity index (χ0v) is 11.8. The van der Waals surface area contributed by atoms with Crippen LogP contribution in [-0.2, 0) is 6.42 Å². The van der Waals surface area contributed by atoms with Crippen molar-refractivity contribution in [1.82, 2.24) is 5.32 Å². The highest BCUT2D eigenvalue weighted by Gasteiger charge is 2.23. The van der Waals surface area contributed by atoms with E-state index in [0.29, 0.717) is 12.1 Å². The molecule has 94 valence electrons. The summed E-state index contributed by atoms with van der Waals surface area (Å²) in [5.74, 6) is 0. The molecule has 1 aromatic heterocycles. The van der Waals surface area contributed by atoms with Crippen molar-refractivity contribution in [3.8, 4) is 0 Å². The average molecular weight is 257 g/mol. The minimum Gasteiger partial charge on any atom is -0.303 e. The van der Waals surface area contributed by atoms with Gasteiger partial charge in [0.1, 0.15) is 0 Å². The Bertz CT molecular complexity index is 544. The molecule has 1 heterocycles. The van der Waals surface area contributed by atoms with Gasteiger partial charge in [0.05, 0.1) is 0 Å². The van der Waals surface area contributed by atoms with Gasteiger partial charge < -0.3 is 5.32 Å². The van der Waals surface area contributed by atoms with Gasteiger partial charge in [0.25, 0.3) is 0 Å². The SMILES string of the molecule is Cc1ccc(C(C)NC2CCc3ccccc32)s1. The summed E-state index contributed by atoms with van der Waals surface area (Å²) in [6, 6.07) is 14.3. The molecule has 1 aromatic carbocycles. The lowest BCUT2D eigenvalue weighted by Gasteiger charge is -2.19. The Morgan fingerprint density at radius 1 is 1.22 bits per heavy atom. The number of nitrogens with one attached hydrogen (secondary N) is 1. The molecule has 1 aliphatic carbocycles. The van der Waals surface area contributed by atoms with Crippen LogP contribution in [0.1, 0.15) is 46.3 Å². The van der Waals surface area contributed by atoms with Crippen molar-refractivity contribution in [1.29, 1.82) is 0 Å². The average Bonchev–Trinajstić information content (AvgIpc) is 2.97. The van der Waals surface area contributed by atoms with Crippen molar-refractivity contribution in [3.63, 3.8) is 0 Å². The Hall–Kier alpha value is -1.12. The molecular weight excluding hydrogens is 238 g/mol. The monoisotopic (exact) mass is 257 g/mol. The molecule has 0 bridgehead atoms. The van der Waals surface area contributed by atoms with E-state index in [1.54, 1.807) is 0 Å². The second-order valence-corrected chi connectivity index (χ2v) is 6.45. The predicted molar refractivity (Wildman–Crippen MR) is 78.1 cm³/mol. The fraction of sp³-hybridized carbons (Fsp3) is 0.375. The lowest BCUT2D eigenvalue weighted by molar-refractivity contribution is 0.469. The maximum Gasteiger partial charge on any atom is 0.0391 e. The Labute approximate surface area is 113 Å². The fourth-order valence-electron chi connectivity index (χ4n) is 2.80. The van der Waals surface area contributed by atoms with Crippen molar-refractivity contribution in [2.24, 2.45) is 0 Å². The van der Waals surface area contributed by atoms with Gasteiger partial charge in [-0.05, 0) is 49.9 Å². The second kappa shape index (κ2) is 4.87. The first-order valence-corrected chi connectivity index (χ1v) is 7.46. The van der Waals surface area contributed by atoms with Crippen LogP contribution in [0.5, 0.6) is 0 Å². The van der Waals surface area contributed by atoms with Crippen LogP contribution in [0.15, 0.2) is 36.4 Å². The van der Waals surface area contributed by atoms with Gasteiger partial charge in [0.2, 0.25) is 0 Å². The molecule has 0 saturated heterocycles. The van der Waals surface area contributed by atoms with Crippen LogP contribution in [0, 0.1) is 6.92 Å². The third-order valence-corrected chi connectivity index (χ3v) is 4.96. The van der Waals surface area contributed by atoms with Crippen LogP contribution in [-0.4, -0.2) is 0 Å². The lowest BCUT2D eigenvalue weighted by atomic mass is 10.1. The molecule has 0 aliphatic heterocycles. The summed E-state index contributed by atoms with van der Waals surface area (Å²) in [5.41, 5.74) is 3.02. The third kappa shape index (κ3) is 2.23. The van der Waals surface area contributed by atoms with Crippen LogP contribution < -0.4 is 5.32 Å². The number of thiophene rings is 1. The van der Waals surface area contributed by atoms with Crippen LogP contribution >= 0.6 is 11.3 Å². The molecule has 1 aliphatic rings. The third-order valence-electron chi connectivity index (χ3n) is 3.77. The van der Waals surface area contributed by atoms with E-state index in [2.05, 4.69) is 55.6 Å². The molecule has 2 unspecified atom stereocenters. The number of hydrogen-bond donors (Lipinski definition) is 1. The molecular formula is C16H19NS. The van der Waals surface area contributed by atoms with E-state index >= 15 is 0 Å². The van der Waals surface area contributed by atoms with Gasteiger partial charge >= 0.3 is 0 Å². The molecule has 0 fully saturated rings. The number of aryl methyl sites for hydroxylation is 2. The van der Waals surface area contributed by atoms with Gasteiger partial charge in [0.15, 0.2) is 0 Å². The molecule has 0 amide bonds. The van der Waals surface area contributed by atoms with Gasteiger partial charge in [-0.1, -0.05) is 24.3 Å². The summed E-state index contributed by atoms with van der Waals surface area (Å²) in [7, 11) is 0. The van der Waals surface area contributed by atoms with Crippen molar-refractivity contribution in [3.05, 3.63) is 57.3 Å². The Kier molecular flexibility index (Phi) is 3.23. The molecule has 0 spiro atoms. The lowest BCUT2D eigenvalue weighted by Crippen LogP contribution is -2.22. The van der Waals surface area contributed by atoms with Crippen molar-refractivity contribution < 1.29 is 0 Å². The van der Waals surface area contributed by atoms with E-state index < -0.39 is 0 Å². The standard InChI is InChI=1S/C16H19NS/c1-11-7-10-16(18-11)12(2)17-15-9-8-13-5-3-4-6-14(13)15/h3-7,10,12,15,17H,8-9H2,1-2H3. The van der Waals surface area contributed by atoms with E-state index in [0.717, 1.165) is 0 Å². The van der Waals surface area contributed by atoms with Gasteiger partial charge in [-0.2, -0.15) is 0 Å². The first-order chi connectivity index (χ1) is 8.74. The molecule has 2 aromatic rings. The summed E-state index contributed by atoms with van der Waals surface area (Å²) in [5, 5.41) is 3.78. The summed E-state index contributed by atoms with van der Waals surface area (Å²) in [6.07, 6.45) is 2.44. The molecule has 2 heteroatoms. The number of hydrogen-bond acceptors (Lipinski definition) is 2. The van der Waals surface area contributed by atoms with Crippen molar-refractivity contribution >= 4 is 11.3 Å². The summed E-state index contributed by atoms with van der Waals surface area (Å²) < 4.78 is 0. The molecule has 0 radical (unpaired) electrons. The quantitative estimate of drug-likeness (QED) is 0.859. The van der Waals surface area contributed by atoms with E-state index in [1.165, 1.54) is 33.7 Å². The van der Waals surface area contributed by atoms with Gasteiger partial charge in [-0.25, -0.2) is 0 Å². The number of rotatable bonds is 3. The van der Waals surface area contributed by atoms with Crippen LogP contribution in [0.25, 0.3) is 0 Å². The molecule has 3 rings (SSSR count). The highest BCUT2D eigenvalue weighted by molar-refractivity contribution is 7.12. The smallest absolute Gasteiger partial charge is 0.0391 e. The molecule has 1 N–H and O–H groups in total. The zero-order chi connectivity index (χ0) is 12.5. The normalized spacial score (nSPS) is 19.8. The van der Waals surface area contributed by atoms with Crippen LogP contribution in [0.3, 0.4) is 0 Å². The largest absolute Gasteiger partial charge is 0.303 e. The van der Waals surface area contributed by atoms with E-state index in [4.69, 9.17) is 0 Å². The van der Waals surface area contributed by atoms with Crippen molar-refractivity contribution in [2.45, 2.75) is 38.8 Å². The minimum absolute atomic E-state index is 0.444. The topological polar surface area (TPSA) is 12.0 Å². The molecule has 18 heavy (non-hydrogen) atoms. The molecule has 2 atom stereocenters.